The van der Waals surface area contributed by atoms with Crippen LogP contribution in [0.25, 0.3) is 0 Å². The molecule has 0 aliphatic carbocycles. The number of esters is 1. The highest BCUT2D eigenvalue weighted by molar-refractivity contribution is 6.77. The minimum absolute atomic E-state index is 0.0254. The molecule has 0 bridgehead atoms. The monoisotopic (exact) mass is 984 g/mol. The first-order valence-corrected chi connectivity index (χ1v) is 33.5. The molecule has 382 valence electrons. The molecule has 1 aliphatic rings. The minimum Gasteiger partial charge on any atom is -0.497 e. The summed E-state index contributed by atoms with van der Waals surface area (Å²) in [6.07, 6.45) is 2.58. The lowest BCUT2D eigenvalue weighted by Gasteiger charge is -2.46. The van der Waals surface area contributed by atoms with Crippen molar-refractivity contribution >= 4 is 36.8 Å². The third kappa shape index (κ3) is 16.0. The van der Waals surface area contributed by atoms with Gasteiger partial charge in [-0.05, 0) is 89.2 Å². The first-order valence-electron chi connectivity index (χ1n) is 25.5. The van der Waals surface area contributed by atoms with E-state index in [1.54, 1.807) is 20.3 Å². The molecule has 1 N–H and O–H groups in total. The summed E-state index contributed by atoms with van der Waals surface area (Å²) in [4.78, 5) is 28.3. The van der Waals surface area contributed by atoms with Gasteiger partial charge >= 0.3 is 5.97 Å². The molecule has 8 atom stereocenters. The summed E-state index contributed by atoms with van der Waals surface area (Å²) < 4.78 is 40.0. The lowest BCUT2D eigenvalue weighted by Crippen LogP contribution is -2.51. The fourth-order valence-corrected chi connectivity index (χ4v) is 17.8. The van der Waals surface area contributed by atoms with E-state index in [1.807, 2.05) is 13.0 Å². The molecule has 0 aromatic heterocycles. The van der Waals surface area contributed by atoms with Crippen molar-refractivity contribution in [1.29, 1.82) is 0 Å². The van der Waals surface area contributed by atoms with Crippen molar-refractivity contribution in [1.82, 2.24) is 5.32 Å². The van der Waals surface area contributed by atoms with Crippen LogP contribution in [-0.4, -0.2) is 82.0 Å². The minimum atomic E-state index is -2.34. The molecule has 12 heteroatoms. The quantitative estimate of drug-likeness (QED) is 0.0783. The number of hydrogen-bond acceptors (Lipinski definition) is 8. The number of methoxy groups -OCH3 is 2. The number of benzene rings is 1. The van der Waals surface area contributed by atoms with Crippen LogP contribution < -0.4 is 14.8 Å². The molecule has 1 heterocycles. The zero-order valence-electron chi connectivity index (χ0n) is 46.7. The van der Waals surface area contributed by atoms with Gasteiger partial charge in [0.15, 0.2) is 16.6 Å². The number of carbonyl (C=O) groups is 2. The van der Waals surface area contributed by atoms with E-state index in [9.17, 15) is 9.59 Å². The molecule has 9 nitrogen and oxygen atoms in total. The van der Waals surface area contributed by atoms with Gasteiger partial charge < -0.3 is 32.8 Å². The van der Waals surface area contributed by atoms with Gasteiger partial charge in [-0.15, -0.1) is 11.8 Å². The van der Waals surface area contributed by atoms with E-state index in [2.05, 4.69) is 166 Å². The number of amides is 1. The van der Waals surface area contributed by atoms with Crippen LogP contribution in [0.3, 0.4) is 0 Å². The van der Waals surface area contributed by atoms with Crippen LogP contribution in [0.1, 0.15) is 166 Å². The van der Waals surface area contributed by atoms with Crippen LogP contribution >= 0.6 is 0 Å². The smallest absolute Gasteiger partial charge is 0.342 e. The molecular weight excluding hydrogens is 887 g/mol. The highest BCUT2D eigenvalue weighted by Crippen LogP contribution is 2.46. The van der Waals surface area contributed by atoms with Gasteiger partial charge in [-0.3, -0.25) is 4.79 Å². The predicted molar refractivity (Wildman–Crippen MR) is 286 cm³/mol. The Morgan fingerprint density at radius 2 is 1.39 bits per heavy atom. The van der Waals surface area contributed by atoms with Crippen LogP contribution in [0.2, 0.25) is 52.9 Å². The van der Waals surface area contributed by atoms with Gasteiger partial charge in [-0.2, -0.15) is 0 Å². The molecule has 0 saturated heterocycles. The molecule has 2 rings (SSSR count). The second-order valence-electron chi connectivity index (χ2n) is 23.7. The van der Waals surface area contributed by atoms with Crippen molar-refractivity contribution in [3.8, 4) is 35.2 Å². The lowest BCUT2D eigenvalue weighted by molar-refractivity contribution is -0.127. The normalized spacial score (nSPS) is 20.1. The highest BCUT2D eigenvalue weighted by atomic mass is 28.4. The van der Waals surface area contributed by atoms with E-state index in [4.69, 9.17) is 27.5 Å². The van der Waals surface area contributed by atoms with Crippen LogP contribution in [0.15, 0.2) is 12.1 Å². The number of rotatable bonds is 20. The zero-order chi connectivity index (χ0) is 51.5. The van der Waals surface area contributed by atoms with Gasteiger partial charge in [0.05, 0.1) is 45.0 Å². The number of carbonyl (C=O) groups excluding carboxylic acids is 2. The van der Waals surface area contributed by atoms with E-state index in [0.29, 0.717) is 59.4 Å². The molecule has 0 radical (unpaired) electrons. The summed E-state index contributed by atoms with van der Waals surface area (Å²) in [6, 6.07) is 3.71. The second-order valence-corrected chi connectivity index (χ2v) is 38.6. The van der Waals surface area contributed by atoms with Crippen molar-refractivity contribution < 1.29 is 37.1 Å². The molecule has 67 heavy (non-hydrogen) atoms. The van der Waals surface area contributed by atoms with Crippen molar-refractivity contribution in [2.24, 2.45) is 23.7 Å². The Hall–Kier alpha value is -2.59. The van der Waals surface area contributed by atoms with Gasteiger partial charge in [0, 0.05) is 31.2 Å². The first kappa shape index (κ1) is 60.5. The van der Waals surface area contributed by atoms with Crippen molar-refractivity contribution in [2.75, 3.05) is 20.8 Å². The molecule has 1 amide bonds. The summed E-state index contributed by atoms with van der Waals surface area (Å²) in [6.45, 7) is 47.1. The molecule has 1 aromatic carbocycles. The van der Waals surface area contributed by atoms with E-state index in [-0.39, 0.29) is 64.5 Å². The van der Waals surface area contributed by atoms with Gasteiger partial charge in [0.2, 0.25) is 14.2 Å². The highest BCUT2D eigenvalue weighted by Gasteiger charge is 2.48. The third-order valence-electron chi connectivity index (χ3n) is 15.6. The average Bonchev–Trinajstić information content (AvgIpc) is 3.21. The first-order chi connectivity index (χ1) is 30.8. The van der Waals surface area contributed by atoms with E-state index in [1.165, 1.54) is 0 Å². The Morgan fingerprint density at radius 1 is 0.836 bits per heavy atom. The van der Waals surface area contributed by atoms with Crippen LogP contribution in [0.5, 0.6) is 11.5 Å². The SMILES string of the molecule is CCC[C@H](O[Si](C)(C)C(C)(C)C)[C@@H](C)C(=O)NCC#CC[C@@H](C)[C@@H](O[Si](C)(C)C(C)(C)C)[C@H](C)[C@@H]1CC#CC[C@H](C)C(O[Si](C(C)C)(C(C)C)C(C)C)Cc2cc(OC)cc(OC)c2C(=O)O1. The predicted octanol–water partition coefficient (Wildman–Crippen LogP) is 13.8. The van der Waals surface area contributed by atoms with Gasteiger partial charge in [-0.1, -0.05) is 136 Å². The van der Waals surface area contributed by atoms with Crippen LogP contribution in [-0.2, 0) is 29.2 Å². The molecule has 0 spiro atoms. The van der Waals surface area contributed by atoms with Gasteiger partial charge in [0.1, 0.15) is 23.2 Å². The van der Waals surface area contributed by atoms with Crippen molar-refractivity contribution in [3.05, 3.63) is 23.3 Å². The summed E-state index contributed by atoms with van der Waals surface area (Å²) in [5.74, 6) is 13.6. The fraction of sp³-hybridized carbons (Fsp3) is 0.782. The Kier molecular flexibility index (Phi) is 23.0. The summed E-state index contributed by atoms with van der Waals surface area (Å²) >= 11 is 0. The molecule has 1 unspecified atom stereocenters. The Labute approximate surface area is 413 Å². The maximum absolute atomic E-state index is 14.9. The second kappa shape index (κ2) is 25.5. The Balaban J connectivity index is 2.58. The summed E-state index contributed by atoms with van der Waals surface area (Å²) in [5.41, 5.74) is 2.34. The van der Waals surface area contributed by atoms with Crippen LogP contribution in [0.4, 0.5) is 0 Å². The fourth-order valence-electron chi connectivity index (χ4n) is 9.23. The number of nitrogens with one attached hydrogen (secondary N) is 1. The molecular formula is C55H97NO8Si3. The van der Waals surface area contributed by atoms with Crippen LogP contribution in [0, 0.1) is 47.4 Å². The van der Waals surface area contributed by atoms with E-state index in [0.717, 1.165) is 18.4 Å². The maximum atomic E-state index is 14.9. The maximum Gasteiger partial charge on any atom is 0.342 e. The van der Waals surface area contributed by atoms with E-state index >= 15 is 0 Å². The van der Waals surface area contributed by atoms with Gasteiger partial charge in [-0.25, -0.2) is 4.79 Å². The topological polar surface area (TPSA) is 102 Å². The number of cyclic esters (lactones) is 1. The van der Waals surface area contributed by atoms with Crippen molar-refractivity contribution in [3.63, 3.8) is 0 Å². The third-order valence-corrected chi connectivity index (χ3v) is 30.7. The van der Waals surface area contributed by atoms with Crippen molar-refractivity contribution in [2.45, 2.75) is 234 Å². The standard InChI is InChI=1S/C55H97NO8Si3/c1-24-29-47(62-65(20,21)54(12,13)14)43(11)52(57)56-33-28-27-31-41(9)51(64-66(22,23)55(15,16)17)42(10)46-32-26-25-30-40(8)48(63-67(37(2)3,38(4)5)39(6)7)35-44-34-45(59-18)36-49(60-19)50(44)53(58)61-46/h34,36-43,46-48,51H,24,29-33,35H2,1-23H3,(H,56,57)/t40-,41+,42+,43+,46-,47-,48?,51+/m0/s1. The van der Waals surface area contributed by atoms with E-state index < -0.39 is 37.0 Å². The number of fused-ring (bicyclic) bond motifs is 1. The Bertz CT molecular complexity index is 1850. The number of ether oxygens (including phenoxy) is 3. The summed E-state index contributed by atoms with van der Waals surface area (Å²) in [5, 5.41) is 3.07. The largest absolute Gasteiger partial charge is 0.497 e. The van der Waals surface area contributed by atoms with Gasteiger partial charge in [0.25, 0.3) is 0 Å². The zero-order valence-corrected chi connectivity index (χ0v) is 49.7. The Morgan fingerprint density at radius 3 is 1.90 bits per heavy atom. The lowest BCUT2D eigenvalue weighted by atomic mass is 9.86. The molecule has 1 aromatic rings. The molecule has 1 aliphatic heterocycles. The number of hydrogen-bond donors (Lipinski definition) is 1. The summed E-state index contributed by atoms with van der Waals surface area (Å²) in [7, 11) is -3.51. The average molecular weight is 985 g/mol. The molecule has 0 saturated carbocycles. The molecule has 0 fully saturated rings.